The molecule has 0 bridgehead atoms. The molecule has 26 heavy (non-hydrogen) atoms. The van der Waals surface area contributed by atoms with Crippen LogP contribution >= 0.6 is 0 Å². The van der Waals surface area contributed by atoms with Gasteiger partial charge >= 0.3 is 0 Å². The van der Waals surface area contributed by atoms with Gasteiger partial charge in [-0.05, 0) is 17.4 Å². The van der Waals surface area contributed by atoms with E-state index in [0.29, 0.717) is 17.5 Å². The molecular weight excluding hydrogens is 746 g/mol. The zero-order valence-electron chi connectivity index (χ0n) is 16.4. The van der Waals surface area contributed by atoms with E-state index in [1.807, 2.05) is 66.7 Å². The van der Waals surface area contributed by atoms with Crippen LogP contribution in [0.25, 0.3) is 17.2 Å². The summed E-state index contributed by atoms with van der Waals surface area (Å²) in [4.78, 5) is 0. The summed E-state index contributed by atoms with van der Waals surface area (Å²) in [5.41, 5.74) is 18.3. The number of nitrogens with one attached hydrogen (secondary N) is 2. The molecule has 136 valence electrons. The second-order valence-electron chi connectivity index (χ2n) is 6.78. The Balaban J connectivity index is 0. The molecule has 1 atom stereocenters. The van der Waals surface area contributed by atoms with Crippen molar-refractivity contribution < 1.29 is 88.1 Å². The summed E-state index contributed by atoms with van der Waals surface area (Å²) in [7, 11) is 0. The van der Waals surface area contributed by atoms with Crippen molar-refractivity contribution in [3.05, 3.63) is 89.3 Å². The first-order chi connectivity index (χ1) is 11.4. The van der Waals surface area contributed by atoms with Gasteiger partial charge in [0.25, 0.3) is 0 Å². The van der Waals surface area contributed by atoms with Crippen LogP contribution in [-0.2, 0) is 0 Å². The molecule has 0 spiro atoms. The van der Waals surface area contributed by atoms with E-state index >= 15 is 0 Å². The topological polar surface area (TPSA) is 47.6 Å². The molecule has 0 saturated carbocycles. The van der Waals surface area contributed by atoms with Crippen LogP contribution in [0.4, 0.5) is 0 Å². The third kappa shape index (κ3) is 13.1. The molecule has 1 unspecified atom stereocenters. The van der Waals surface area contributed by atoms with E-state index in [1.54, 1.807) is 0 Å². The largest absolute Gasteiger partial charge is 0.698 e. The van der Waals surface area contributed by atoms with Crippen LogP contribution < -0.4 is 0 Å². The molecule has 0 fully saturated rings. The van der Waals surface area contributed by atoms with Gasteiger partial charge in [-0.15, -0.1) is 11.7 Å². The van der Waals surface area contributed by atoms with E-state index in [-0.39, 0.29) is 94.2 Å². The minimum atomic E-state index is -0.0498. The first-order valence-corrected chi connectivity index (χ1v) is 8.65. The molecule has 0 aliphatic heterocycles. The van der Waals surface area contributed by atoms with Gasteiger partial charge in [0.2, 0.25) is 0 Å². The Morgan fingerprint density at radius 2 is 1.31 bits per heavy atom. The van der Waals surface area contributed by atoms with Crippen molar-refractivity contribution in [1.29, 1.82) is 0 Å². The average Bonchev–Trinajstić information content (AvgIpc) is 2.56. The van der Waals surface area contributed by atoms with E-state index in [4.69, 9.17) is 11.5 Å². The van der Waals surface area contributed by atoms with Crippen molar-refractivity contribution in [3.8, 4) is 0 Å². The van der Waals surface area contributed by atoms with Crippen molar-refractivity contribution in [1.82, 2.24) is 0 Å². The van der Waals surface area contributed by atoms with Crippen LogP contribution in [0.2, 0.25) is 0 Å². The number of hydrogen-bond acceptors (Lipinski definition) is 0. The number of hydrogen-bond donors (Lipinski definition) is 0. The Hall–Kier alpha value is 0.823. The second-order valence-corrected chi connectivity index (χ2v) is 6.78. The maximum absolute atomic E-state index is 7.84. The Morgan fingerprint density at radius 1 is 0.846 bits per heavy atom. The summed E-state index contributed by atoms with van der Waals surface area (Å²) >= 11 is 0. The van der Waals surface area contributed by atoms with Gasteiger partial charge in [-0.25, -0.2) is 0 Å². The fraction of sp³-hybridized carbons (Fsp3) is 0.364. The van der Waals surface area contributed by atoms with Gasteiger partial charge in [0.15, 0.2) is 0 Å². The summed E-state index contributed by atoms with van der Waals surface area (Å²) < 4.78 is 0. The molecule has 2 radical (unpaired) electrons. The first-order valence-electron chi connectivity index (χ1n) is 8.65. The summed E-state index contributed by atoms with van der Waals surface area (Å²) in [5.74, 6) is 1.05. The van der Waals surface area contributed by atoms with E-state index in [2.05, 4.69) is 27.7 Å². The van der Waals surface area contributed by atoms with Crippen molar-refractivity contribution in [3.63, 3.8) is 0 Å². The predicted molar refractivity (Wildman–Crippen MR) is 107 cm³/mol. The van der Waals surface area contributed by atoms with Crippen LogP contribution in [0.5, 0.6) is 0 Å². The average molecular weight is 776 g/mol. The Kier molecular flexibility index (Phi) is 18.7. The van der Waals surface area contributed by atoms with E-state index in [0.717, 1.165) is 17.5 Å². The third-order valence-electron chi connectivity index (χ3n) is 3.49. The van der Waals surface area contributed by atoms with Gasteiger partial charge < -0.3 is 11.5 Å². The Bertz CT molecular complexity index is 596. The SMILES string of the molecule is CC(C)C=C([NH-])c1ccccc1.CC(C)CC([NH-])c1ccccc1.[Ac].[Ac]. The van der Waals surface area contributed by atoms with E-state index in [9.17, 15) is 0 Å². The zero-order valence-corrected chi connectivity index (χ0v) is 25.9. The Labute approximate surface area is 231 Å². The second kappa shape index (κ2) is 16.7. The molecule has 2 aromatic rings. The number of allylic oxidation sites excluding steroid dienone is 1. The van der Waals surface area contributed by atoms with Crippen LogP contribution in [0.3, 0.4) is 0 Å². The summed E-state index contributed by atoms with van der Waals surface area (Å²) in [5, 5.41) is 0. The molecule has 0 aromatic heterocycles. The fourth-order valence-corrected chi connectivity index (χ4v) is 2.34. The van der Waals surface area contributed by atoms with Crippen molar-refractivity contribution in [2.75, 3.05) is 0 Å². The van der Waals surface area contributed by atoms with Gasteiger partial charge in [-0.3, -0.25) is 0 Å². The van der Waals surface area contributed by atoms with Crippen molar-refractivity contribution >= 4 is 5.70 Å². The number of rotatable bonds is 5. The molecular formula is C22H30Ac2N2-2. The summed E-state index contributed by atoms with van der Waals surface area (Å²) in [6.45, 7) is 8.48. The third-order valence-corrected chi connectivity index (χ3v) is 3.49. The van der Waals surface area contributed by atoms with Gasteiger partial charge in [-0.2, -0.15) is 0 Å². The normalized spacial score (nSPS) is 11.7. The maximum atomic E-state index is 7.84. The minimum absolute atomic E-state index is 0. The maximum Gasteiger partial charge on any atom is 0 e. The molecule has 4 heteroatoms. The fourth-order valence-electron chi connectivity index (χ4n) is 2.34. The molecule has 0 aliphatic rings. The van der Waals surface area contributed by atoms with Crippen molar-refractivity contribution in [2.24, 2.45) is 11.8 Å². The monoisotopic (exact) mass is 776 g/mol. The molecule has 2 rings (SSSR count). The van der Waals surface area contributed by atoms with Crippen LogP contribution in [0.1, 0.15) is 51.3 Å². The summed E-state index contributed by atoms with van der Waals surface area (Å²) in [6, 6.07) is 19.8. The molecule has 2 aromatic carbocycles. The molecule has 0 aliphatic carbocycles. The van der Waals surface area contributed by atoms with Crippen LogP contribution in [0, 0.1) is 100.0 Å². The van der Waals surface area contributed by atoms with Gasteiger partial charge in [-0.1, -0.05) is 106 Å². The predicted octanol–water partition coefficient (Wildman–Crippen LogP) is 7.56. The first kappa shape index (κ1) is 29.0. The van der Waals surface area contributed by atoms with Gasteiger partial charge in [0.05, 0.1) is 0 Å². The number of benzene rings is 2. The molecule has 2 N–H and O–H groups in total. The Morgan fingerprint density at radius 3 is 1.73 bits per heavy atom. The quantitative estimate of drug-likeness (QED) is 0.301. The zero-order chi connectivity index (χ0) is 17.9. The van der Waals surface area contributed by atoms with Gasteiger partial charge in [0, 0.05) is 88.1 Å². The van der Waals surface area contributed by atoms with E-state index in [1.165, 1.54) is 0 Å². The van der Waals surface area contributed by atoms with Crippen LogP contribution in [0.15, 0.2) is 66.7 Å². The molecule has 0 heterocycles. The molecule has 0 amide bonds. The summed E-state index contributed by atoms with van der Waals surface area (Å²) in [6.07, 6.45) is 2.90. The standard InChI is InChI=1S/C11H16N.C11H14N.2Ac/c2*1-9(2)8-11(12)10-6-4-3-5-7-10;;/h3-7,9,11-12H,8H2,1-2H3;3-9,12H,1-2H3;;/q2*-1;;. The minimum Gasteiger partial charge on any atom is -0.698 e. The van der Waals surface area contributed by atoms with Gasteiger partial charge in [0.1, 0.15) is 0 Å². The smallest absolute Gasteiger partial charge is 0 e. The van der Waals surface area contributed by atoms with Crippen LogP contribution in [-0.4, -0.2) is 0 Å². The van der Waals surface area contributed by atoms with Crippen molar-refractivity contribution in [2.45, 2.75) is 40.2 Å². The van der Waals surface area contributed by atoms with E-state index < -0.39 is 0 Å². The molecule has 2 nitrogen and oxygen atoms in total. The molecule has 0 saturated heterocycles.